The maximum absolute atomic E-state index is 11.8. The van der Waals surface area contributed by atoms with E-state index in [4.69, 9.17) is 9.94 Å². The van der Waals surface area contributed by atoms with Gasteiger partial charge in [0.15, 0.2) is 0 Å². The summed E-state index contributed by atoms with van der Waals surface area (Å²) in [5.41, 5.74) is 0. The average Bonchev–Trinajstić information content (AvgIpc) is 2.83. The second kappa shape index (κ2) is 6.58. The number of nitrogens with zero attached hydrogens (tertiary/aromatic N) is 4. The Labute approximate surface area is 126 Å². The summed E-state index contributed by atoms with van der Waals surface area (Å²) in [6.07, 6.45) is 0.344. The Kier molecular flexibility index (Phi) is 4.78. The molecule has 2 heterocycles. The summed E-state index contributed by atoms with van der Waals surface area (Å²) >= 11 is 0. The molecule has 2 amide bonds. The number of carbonyl (C=O) groups excluding carboxylic acids is 2. The summed E-state index contributed by atoms with van der Waals surface area (Å²) in [4.78, 5) is 40.0. The normalized spacial score (nSPS) is 24.6. The van der Waals surface area contributed by atoms with Gasteiger partial charge in [-0.05, 0) is 19.8 Å². The van der Waals surface area contributed by atoms with Gasteiger partial charge in [-0.1, -0.05) is 0 Å². The fourth-order valence-corrected chi connectivity index (χ4v) is 2.52. The van der Waals surface area contributed by atoms with E-state index >= 15 is 0 Å². The van der Waals surface area contributed by atoms with Crippen molar-refractivity contribution in [2.75, 3.05) is 13.1 Å². The van der Waals surface area contributed by atoms with E-state index in [2.05, 4.69) is 5.28 Å². The van der Waals surface area contributed by atoms with Crippen LogP contribution in [0.4, 0.5) is 0 Å². The molecule has 0 spiro atoms. The van der Waals surface area contributed by atoms with Crippen molar-refractivity contribution in [2.24, 2.45) is 11.2 Å². The molecule has 122 valence electrons. The van der Waals surface area contributed by atoms with Crippen molar-refractivity contribution in [3.63, 3.8) is 0 Å². The standard InChI is InChI=1S/C12H18N4O6/c1-8(15-10(17)4-5-11(15)18)22-13-16(21)14-6-2-3-9(7-14)12(19)20/h8-9H,2-7H2,1H3,(H,19,20). The Morgan fingerprint density at radius 2 is 2.09 bits per heavy atom. The lowest BCUT2D eigenvalue weighted by molar-refractivity contribution is -0.715. The van der Waals surface area contributed by atoms with Crippen molar-refractivity contribution in [3.05, 3.63) is 5.21 Å². The number of aliphatic carboxylic acids is 1. The van der Waals surface area contributed by atoms with E-state index in [1.165, 1.54) is 11.9 Å². The van der Waals surface area contributed by atoms with Crippen LogP contribution in [0.5, 0.6) is 0 Å². The summed E-state index contributed by atoms with van der Waals surface area (Å²) in [6, 6.07) is 0. The molecule has 2 fully saturated rings. The van der Waals surface area contributed by atoms with Gasteiger partial charge >= 0.3 is 5.97 Å². The van der Waals surface area contributed by atoms with Crippen LogP contribution in [-0.2, 0) is 19.2 Å². The number of hydrogen-bond donors (Lipinski definition) is 1. The van der Waals surface area contributed by atoms with E-state index in [1.54, 1.807) is 0 Å². The number of amides is 2. The number of piperidine rings is 1. The zero-order valence-corrected chi connectivity index (χ0v) is 12.2. The molecule has 10 heteroatoms. The topological polar surface area (TPSA) is 126 Å². The van der Waals surface area contributed by atoms with Gasteiger partial charge in [-0.25, -0.2) is 4.90 Å². The molecule has 1 N–H and O–H groups in total. The molecular weight excluding hydrogens is 296 g/mol. The third-order valence-electron chi connectivity index (χ3n) is 3.71. The molecule has 2 atom stereocenters. The number of carboxylic acids is 1. The van der Waals surface area contributed by atoms with E-state index in [1.807, 2.05) is 0 Å². The lowest BCUT2D eigenvalue weighted by Crippen LogP contribution is -2.43. The van der Waals surface area contributed by atoms with E-state index in [-0.39, 0.29) is 36.2 Å². The molecule has 2 aliphatic heterocycles. The molecule has 2 aliphatic rings. The number of hydrazine groups is 1. The van der Waals surface area contributed by atoms with Crippen LogP contribution in [0.25, 0.3) is 0 Å². The molecule has 0 radical (unpaired) electrons. The minimum absolute atomic E-state index is 0.0433. The van der Waals surface area contributed by atoms with Gasteiger partial charge in [0, 0.05) is 12.8 Å². The van der Waals surface area contributed by atoms with Gasteiger partial charge in [-0.2, -0.15) is 0 Å². The first kappa shape index (κ1) is 16.0. The summed E-state index contributed by atoms with van der Waals surface area (Å²) in [5.74, 6) is -2.32. The number of carboxylic acid groups (broad SMARTS) is 1. The van der Waals surface area contributed by atoms with Gasteiger partial charge in [0.1, 0.15) is 0 Å². The van der Waals surface area contributed by atoms with Crippen LogP contribution in [0.2, 0.25) is 0 Å². The molecule has 2 saturated heterocycles. The quantitative estimate of drug-likeness (QED) is 0.330. The summed E-state index contributed by atoms with van der Waals surface area (Å²) in [7, 11) is 0. The van der Waals surface area contributed by atoms with Crippen LogP contribution in [-0.4, -0.2) is 57.1 Å². The predicted octanol–water partition coefficient (Wildman–Crippen LogP) is 0.0871. The van der Waals surface area contributed by atoms with Crippen LogP contribution in [0.3, 0.4) is 0 Å². The smallest absolute Gasteiger partial charge is 0.308 e. The molecule has 0 aromatic carbocycles. The third-order valence-corrected chi connectivity index (χ3v) is 3.71. The average molecular weight is 314 g/mol. The SMILES string of the molecule is CC(ON=[N+]([O-])N1CCCC(C(=O)O)C1)N1C(=O)CCC1=O. The number of carbonyl (C=O) groups is 3. The maximum Gasteiger partial charge on any atom is 0.308 e. The molecule has 0 bridgehead atoms. The first-order chi connectivity index (χ1) is 10.4. The summed E-state index contributed by atoms with van der Waals surface area (Å²) < 4.78 is 0. The lowest BCUT2D eigenvalue weighted by Gasteiger charge is -2.26. The van der Waals surface area contributed by atoms with Gasteiger partial charge in [0.05, 0.1) is 24.0 Å². The van der Waals surface area contributed by atoms with Crippen molar-refractivity contribution in [1.29, 1.82) is 0 Å². The molecule has 10 nitrogen and oxygen atoms in total. The van der Waals surface area contributed by atoms with E-state index < -0.39 is 18.1 Å². The van der Waals surface area contributed by atoms with Crippen LogP contribution >= 0.6 is 0 Å². The Bertz CT molecular complexity index is 492. The minimum atomic E-state index is -0.973. The third kappa shape index (κ3) is 3.43. The fourth-order valence-electron chi connectivity index (χ4n) is 2.52. The molecule has 0 aliphatic carbocycles. The van der Waals surface area contributed by atoms with Crippen LogP contribution in [0.1, 0.15) is 32.6 Å². The van der Waals surface area contributed by atoms with Gasteiger partial charge < -0.3 is 15.2 Å². The minimum Gasteiger partial charge on any atom is -0.569 e. The van der Waals surface area contributed by atoms with Crippen molar-refractivity contribution in [1.82, 2.24) is 9.91 Å². The fraction of sp³-hybridized carbons (Fsp3) is 0.750. The highest BCUT2D eigenvalue weighted by Crippen LogP contribution is 2.18. The summed E-state index contributed by atoms with van der Waals surface area (Å²) in [6.45, 7) is 1.85. The largest absolute Gasteiger partial charge is 0.569 e. The highest BCUT2D eigenvalue weighted by Gasteiger charge is 2.35. The van der Waals surface area contributed by atoms with Crippen molar-refractivity contribution >= 4 is 17.8 Å². The van der Waals surface area contributed by atoms with Gasteiger partial charge in [0.2, 0.25) is 23.3 Å². The molecule has 2 unspecified atom stereocenters. The number of likely N-dealkylation sites (tertiary alicyclic amines) is 1. The maximum atomic E-state index is 11.8. The highest BCUT2D eigenvalue weighted by atomic mass is 16.7. The Hall–Kier alpha value is -2.39. The van der Waals surface area contributed by atoms with Crippen LogP contribution in [0, 0.1) is 11.1 Å². The second-order valence-electron chi connectivity index (χ2n) is 5.29. The lowest BCUT2D eigenvalue weighted by atomic mass is 10.00. The molecule has 2 rings (SSSR count). The van der Waals surface area contributed by atoms with Gasteiger partial charge in [0.25, 0.3) is 0 Å². The van der Waals surface area contributed by atoms with Gasteiger partial charge in [-0.3, -0.25) is 14.4 Å². The number of imide groups is 1. The monoisotopic (exact) mass is 314 g/mol. The Morgan fingerprint density at radius 3 is 2.68 bits per heavy atom. The molecule has 0 aromatic heterocycles. The Balaban J connectivity index is 1.93. The Morgan fingerprint density at radius 1 is 1.45 bits per heavy atom. The zero-order chi connectivity index (χ0) is 16.3. The van der Waals surface area contributed by atoms with E-state index in [0.717, 1.165) is 4.90 Å². The van der Waals surface area contributed by atoms with Gasteiger partial charge in [-0.15, -0.1) is 5.01 Å². The molecular formula is C12H18N4O6. The highest BCUT2D eigenvalue weighted by molar-refractivity contribution is 6.02. The van der Waals surface area contributed by atoms with Crippen molar-refractivity contribution in [2.45, 2.75) is 38.8 Å². The van der Waals surface area contributed by atoms with Crippen LogP contribution < -0.4 is 0 Å². The first-order valence-corrected chi connectivity index (χ1v) is 7.06. The summed E-state index contributed by atoms with van der Waals surface area (Å²) in [5, 5.41) is 25.3. The van der Waals surface area contributed by atoms with Crippen molar-refractivity contribution < 1.29 is 29.3 Å². The zero-order valence-electron chi connectivity index (χ0n) is 12.2. The molecule has 22 heavy (non-hydrogen) atoms. The van der Waals surface area contributed by atoms with Crippen LogP contribution in [0.15, 0.2) is 5.28 Å². The molecule has 0 saturated carbocycles. The molecule has 0 aromatic rings. The van der Waals surface area contributed by atoms with Crippen molar-refractivity contribution in [3.8, 4) is 0 Å². The first-order valence-electron chi connectivity index (χ1n) is 7.06. The van der Waals surface area contributed by atoms with E-state index in [9.17, 15) is 19.6 Å². The number of hydrogen-bond acceptors (Lipinski definition) is 6. The second-order valence-corrected chi connectivity index (χ2v) is 5.29. The predicted molar refractivity (Wildman–Crippen MR) is 69.6 cm³/mol. The van der Waals surface area contributed by atoms with E-state index in [0.29, 0.717) is 19.4 Å². The number of rotatable bonds is 5.